The molecule has 2 N–H and O–H groups in total. The minimum Gasteiger partial charge on any atom is -0.491 e. The minimum absolute atomic E-state index is 0.0178. The van der Waals surface area contributed by atoms with E-state index in [0.29, 0.717) is 13.1 Å². The summed E-state index contributed by atoms with van der Waals surface area (Å²) in [6.45, 7) is 8.89. The van der Waals surface area contributed by atoms with Crippen molar-refractivity contribution in [2.75, 3.05) is 0 Å². The van der Waals surface area contributed by atoms with E-state index >= 15 is 0 Å². The summed E-state index contributed by atoms with van der Waals surface area (Å²) in [6, 6.07) is 15.5. The number of nitrogens with one attached hydrogen (secondary N) is 2. The van der Waals surface area contributed by atoms with Crippen molar-refractivity contribution in [2.45, 2.75) is 58.7 Å². The number of rotatable bonds is 10. The van der Waals surface area contributed by atoms with Crippen LogP contribution in [0.15, 0.2) is 48.5 Å². The molecule has 0 atom stereocenters. The molecule has 0 unspecified atom stereocenters. The van der Waals surface area contributed by atoms with Crippen molar-refractivity contribution in [3.8, 4) is 5.75 Å². The average molecular weight is 391 g/mol. The second kappa shape index (κ2) is 9.88. The number of ether oxygens (including phenoxy) is 1. The molecule has 0 spiro atoms. The highest BCUT2D eigenvalue weighted by atomic mass is 32.2. The van der Waals surface area contributed by atoms with E-state index in [2.05, 4.69) is 10.0 Å². The van der Waals surface area contributed by atoms with Gasteiger partial charge in [0.25, 0.3) is 0 Å². The summed E-state index contributed by atoms with van der Waals surface area (Å²) in [5, 5.41) is 3.40. The third-order valence-electron chi connectivity index (χ3n) is 3.85. The first-order valence-corrected chi connectivity index (χ1v) is 10.9. The van der Waals surface area contributed by atoms with Crippen molar-refractivity contribution >= 4 is 10.0 Å². The van der Waals surface area contributed by atoms with Crippen LogP contribution in [0.5, 0.6) is 5.75 Å². The predicted molar refractivity (Wildman–Crippen MR) is 110 cm³/mol. The lowest BCUT2D eigenvalue weighted by Gasteiger charge is -2.16. The van der Waals surface area contributed by atoms with Gasteiger partial charge < -0.3 is 10.1 Å². The van der Waals surface area contributed by atoms with Crippen LogP contribution in [-0.4, -0.2) is 20.6 Å². The Morgan fingerprint density at radius 3 is 2.04 bits per heavy atom. The number of sulfonamides is 1. The number of hydrogen-bond donors (Lipinski definition) is 2. The summed E-state index contributed by atoms with van der Waals surface area (Å²) in [6.07, 6.45) is 0.116. The Balaban J connectivity index is 2.03. The van der Waals surface area contributed by atoms with Crippen LogP contribution >= 0.6 is 0 Å². The van der Waals surface area contributed by atoms with Crippen molar-refractivity contribution in [1.29, 1.82) is 0 Å². The van der Waals surface area contributed by atoms with Crippen LogP contribution in [0.3, 0.4) is 0 Å². The lowest BCUT2D eigenvalue weighted by Crippen LogP contribution is -2.31. The van der Waals surface area contributed by atoms with E-state index in [0.717, 1.165) is 22.4 Å². The lowest BCUT2D eigenvalue weighted by atomic mass is 10.1. The summed E-state index contributed by atoms with van der Waals surface area (Å²) < 4.78 is 33.0. The van der Waals surface area contributed by atoms with Crippen LogP contribution in [0.25, 0.3) is 0 Å². The SMILES string of the molecule is CC(C)NS(=O)(=O)Cc1ccccc1CNCc1ccccc1OC(C)C. The largest absolute Gasteiger partial charge is 0.491 e. The predicted octanol–water partition coefficient (Wildman–Crippen LogP) is 3.59. The molecule has 0 aliphatic carbocycles. The standard InChI is InChI=1S/C21H30N2O3S/c1-16(2)23-27(24,25)15-20-11-6-5-9-18(20)13-22-14-19-10-7-8-12-21(19)26-17(3)4/h5-12,16-17,22-23H,13-15H2,1-4H3. The Morgan fingerprint density at radius 2 is 1.41 bits per heavy atom. The van der Waals surface area contributed by atoms with E-state index in [9.17, 15) is 8.42 Å². The van der Waals surface area contributed by atoms with Crippen molar-refractivity contribution in [2.24, 2.45) is 0 Å². The first-order valence-electron chi connectivity index (χ1n) is 9.29. The Bertz CT molecular complexity index is 833. The molecule has 0 heterocycles. The van der Waals surface area contributed by atoms with Gasteiger partial charge in [-0.05, 0) is 44.9 Å². The van der Waals surface area contributed by atoms with Gasteiger partial charge in [0.1, 0.15) is 5.75 Å². The maximum Gasteiger partial charge on any atom is 0.216 e. The molecule has 0 radical (unpaired) electrons. The normalized spacial score (nSPS) is 11.9. The van der Waals surface area contributed by atoms with E-state index in [1.54, 1.807) is 0 Å². The molecule has 148 valence electrons. The van der Waals surface area contributed by atoms with Crippen molar-refractivity contribution in [3.63, 3.8) is 0 Å². The fourth-order valence-electron chi connectivity index (χ4n) is 2.83. The summed E-state index contributed by atoms with van der Waals surface area (Å²) in [5.41, 5.74) is 2.87. The third-order valence-corrected chi connectivity index (χ3v) is 5.37. The van der Waals surface area contributed by atoms with Crippen LogP contribution in [0, 0.1) is 0 Å². The second-order valence-corrected chi connectivity index (χ2v) is 8.93. The molecule has 0 fully saturated rings. The van der Waals surface area contributed by atoms with Gasteiger partial charge in [-0.2, -0.15) is 0 Å². The molecule has 0 aromatic heterocycles. The van der Waals surface area contributed by atoms with Gasteiger partial charge in [0.05, 0.1) is 11.9 Å². The molecule has 2 aromatic rings. The highest BCUT2D eigenvalue weighted by Gasteiger charge is 2.15. The zero-order chi connectivity index (χ0) is 19.9. The number of benzene rings is 2. The van der Waals surface area contributed by atoms with Crippen LogP contribution in [0.4, 0.5) is 0 Å². The lowest BCUT2D eigenvalue weighted by molar-refractivity contribution is 0.239. The molecule has 27 heavy (non-hydrogen) atoms. The maximum absolute atomic E-state index is 12.3. The van der Waals surface area contributed by atoms with E-state index in [1.807, 2.05) is 76.2 Å². The zero-order valence-corrected chi connectivity index (χ0v) is 17.3. The van der Waals surface area contributed by atoms with Gasteiger partial charge in [0.15, 0.2) is 0 Å². The molecule has 0 aliphatic heterocycles. The third kappa shape index (κ3) is 7.33. The molecule has 0 amide bonds. The molecule has 6 heteroatoms. The molecule has 5 nitrogen and oxygen atoms in total. The highest BCUT2D eigenvalue weighted by Crippen LogP contribution is 2.19. The molecular formula is C21H30N2O3S. The Hall–Kier alpha value is -1.89. The molecule has 0 aliphatic rings. The minimum atomic E-state index is -3.35. The van der Waals surface area contributed by atoms with E-state index in [1.165, 1.54) is 0 Å². The van der Waals surface area contributed by atoms with Crippen LogP contribution in [-0.2, 0) is 28.9 Å². The summed E-state index contributed by atoms with van der Waals surface area (Å²) in [4.78, 5) is 0. The van der Waals surface area contributed by atoms with E-state index in [-0.39, 0.29) is 17.9 Å². The van der Waals surface area contributed by atoms with E-state index < -0.39 is 10.0 Å². The highest BCUT2D eigenvalue weighted by molar-refractivity contribution is 7.88. The smallest absolute Gasteiger partial charge is 0.216 e. The van der Waals surface area contributed by atoms with Gasteiger partial charge in [0, 0.05) is 24.7 Å². The topological polar surface area (TPSA) is 67.4 Å². The van der Waals surface area contributed by atoms with Gasteiger partial charge in [-0.3, -0.25) is 0 Å². The Morgan fingerprint density at radius 1 is 0.852 bits per heavy atom. The fraction of sp³-hybridized carbons (Fsp3) is 0.429. The molecule has 2 aromatic carbocycles. The van der Waals surface area contributed by atoms with Gasteiger partial charge in [0.2, 0.25) is 10.0 Å². The zero-order valence-electron chi connectivity index (χ0n) is 16.5. The molecule has 0 saturated heterocycles. The number of para-hydroxylation sites is 1. The monoisotopic (exact) mass is 390 g/mol. The van der Waals surface area contributed by atoms with Gasteiger partial charge in [-0.15, -0.1) is 0 Å². The molecule has 2 rings (SSSR count). The van der Waals surface area contributed by atoms with Gasteiger partial charge in [-0.1, -0.05) is 42.5 Å². The first kappa shape index (κ1) is 21.4. The molecular weight excluding hydrogens is 360 g/mol. The number of hydrogen-bond acceptors (Lipinski definition) is 4. The Labute approximate surface area is 163 Å². The van der Waals surface area contributed by atoms with Crippen molar-refractivity contribution < 1.29 is 13.2 Å². The summed E-state index contributed by atoms with van der Waals surface area (Å²) in [5.74, 6) is 0.854. The molecule has 0 saturated carbocycles. The quantitative estimate of drug-likeness (QED) is 0.651. The summed E-state index contributed by atoms with van der Waals surface area (Å²) >= 11 is 0. The van der Waals surface area contributed by atoms with Crippen molar-refractivity contribution in [1.82, 2.24) is 10.0 Å². The first-order chi connectivity index (χ1) is 12.8. The van der Waals surface area contributed by atoms with Gasteiger partial charge >= 0.3 is 0 Å². The Kier molecular flexibility index (Phi) is 7.83. The summed E-state index contributed by atoms with van der Waals surface area (Å²) in [7, 11) is -3.35. The average Bonchev–Trinajstić information content (AvgIpc) is 2.56. The van der Waals surface area contributed by atoms with Crippen molar-refractivity contribution in [3.05, 3.63) is 65.2 Å². The van der Waals surface area contributed by atoms with Crippen LogP contribution in [0.1, 0.15) is 44.4 Å². The fourth-order valence-corrected chi connectivity index (χ4v) is 4.32. The van der Waals surface area contributed by atoms with Crippen LogP contribution in [0.2, 0.25) is 0 Å². The maximum atomic E-state index is 12.3. The van der Waals surface area contributed by atoms with E-state index in [4.69, 9.17) is 4.74 Å². The molecule has 0 bridgehead atoms. The second-order valence-electron chi connectivity index (χ2n) is 7.18. The van der Waals surface area contributed by atoms with Gasteiger partial charge in [-0.25, -0.2) is 13.1 Å². The van der Waals surface area contributed by atoms with Crippen LogP contribution < -0.4 is 14.8 Å².